The summed E-state index contributed by atoms with van der Waals surface area (Å²) in [7, 11) is 0. The average Bonchev–Trinajstić information content (AvgIpc) is 3.10. The summed E-state index contributed by atoms with van der Waals surface area (Å²) >= 11 is 0. The molecule has 3 aromatic rings. The van der Waals surface area contributed by atoms with Crippen molar-refractivity contribution >= 4 is 28.8 Å². The Bertz CT molecular complexity index is 963. The second-order valence-electron chi connectivity index (χ2n) is 5.80. The number of nitrogens with zero attached hydrogens (tertiary/aromatic N) is 2. The van der Waals surface area contributed by atoms with Crippen molar-refractivity contribution in [1.82, 2.24) is 5.32 Å². The van der Waals surface area contributed by atoms with Gasteiger partial charge in [0.05, 0.1) is 22.7 Å². The first-order valence-corrected chi connectivity index (χ1v) is 8.21. The van der Waals surface area contributed by atoms with Crippen LogP contribution in [-0.4, -0.2) is 23.7 Å². The van der Waals surface area contributed by atoms with Crippen LogP contribution in [0.15, 0.2) is 64.2 Å². The monoisotopic (exact) mass is 367 g/mol. The van der Waals surface area contributed by atoms with Crippen LogP contribution in [-0.2, 0) is 9.63 Å². The first-order valence-electron chi connectivity index (χ1n) is 8.21. The van der Waals surface area contributed by atoms with Gasteiger partial charge in [-0.25, -0.2) is 0 Å². The predicted octanol–water partition coefficient (Wildman–Crippen LogP) is 3.57. The van der Waals surface area contributed by atoms with Crippen LogP contribution in [0.1, 0.15) is 24.3 Å². The smallest absolute Gasteiger partial charge is 0.278 e. The highest BCUT2D eigenvalue weighted by Gasteiger charge is 2.14. The summed E-state index contributed by atoms with van der Waals surface area (Å²) in [6, 6.07) is 15.2. The Hall–Kier alpha value is -3.68. The van der Waals surface area contributed by atoms with E-state index in [1.54, 1.807) is 19.1 Å². The van der Waals surface area contributed by atoms with Crippen LogP contribution in [0.25, 0.3) is 11.0 Å². The molecule has 2 aromatic carbocycles. The number of hydrogen-bond donors (Lipinski definition) is 1. The molecule has 1 amide bonds. The van der Waals surface area contributed by atoms with E-state index in [4.69, 9.17) is 9.25 Å². The van der Waals surface area contributed by atoms with Gasteiger partial charge in [0.2, 0.25) is 0 Å². The molecule has 0 bridgehead atoms. The minimum Gasteiger partial charge on any atom is -0.459 e. The lowest BCUT2D eigenvalue weighted by molar-refractivity contribution is -0.385. The second kappa shape index (κ2) is 8.13. The minimum atomic E-state index is -0.511. The first-order chi connectivity index (χ1) is 13.0. The number of nitro benzene ring substituents is 1. The largest absolute Gasteiger partial charge is 0.459 e. The highest BCUT2D eigenvalue weighted by Crippen LogP contribution is 2.23. The number of carbonyl (C=O) groups excluding carboxylic acids is 1. The summed E-state index contributed by atoms with van der Waals surface area (Å²) in [5.41, 5.74) is 0.949. The molecule has 8 nitrogen and oxygen atoms in total. The number of fused-ring (bicyclic) bond motifs is 1. The van der Waals surface area contributed by atoms with Crippen molar-refractivity contribution in [3.63, 3.8) is 0 Å². The Balaban J connectivity index is 1.53. The van der Waals surface area contributed by atoms with Crippen LogP contribution >= 0.6 is 0 Å². The van der Waals surface area contributed by atoms with E-state index < -0.39 is 4.92 Å². The van der Waals surface area contributed by atoms with E-state index in [2.05, 4.69) is 10.5 Å². The van der Waals surface area contributed by atoms with Crippen LogP contribution in [0.5, 0.6) is 0 Å². The molecule has 0 aliphatic rings. The Morgan fingerprint density at radius 1 is 1.30 bits per heavy atom. The number of furan rings is 1. The van der Waals surface area contributed by atoms with Gasteiger partial charge in [0.1, 0.15) is 11.3 Å². The zero-order chi connectivity index (χ0) is 19.2. The molecule has 1 atom stereocenters. The van der Waals surface area contributed by atoms with Crippen molar-refractivity contribution in [2.45, 2.75) is 13.0 Å². The van der Waals surface area contributed by atoms with Crippen molar-refractivity contribution in [1.29, 1.82) is 0 Å². The van der Waals surface area contributed by atoms with Crippen LogP contribution in [0.2, 0.25) is 0 Å². The van der Waals surface area contributed by atoms with E-state index in [1.807, 2.05) is 30.3 Å². The SMILES string of the molecule is CC(NC(=O)CO/N=C/c1ccccc1[N+](=O)[O-])c1cc2ccccc2o1. The van der Waals surface area contributed by atoms with Gasteiger partial charge in [-0.1, -0.05) is 35.5 Å². The number of nitrogens with one attached hydrogen (secondary N) is 1. The Labute approximate surface area is 154 Å². The molecule has 0 fully saturated rings. The van der Waals surface area contributed by atoms with Gasteiger partial charge in [-0.3, -0.25) is 14.9 Å². The number of rotatable bonds is 7. The highest BCUT2D eigenvalue weighted by molar-refractivity contribution is 5.85. The highest BCUT2D eigenvalue weighted by atomic mass is 16.6. The van der Waals surface area contributed by atoms with E-state index in [0.717, 1.165) is 11.0 Å². The number of carbonyl (C=O) groups is 1. The fourth-order valence-electron chi connectivity index (χ4n) is 2.52. The van der Waals surface area contributed by atoms with Crippen molar-refractivity contribution < 1.29 is 19.0 Å². The summed E-state index contributed by atoms with van der Waals surface area (Å²) in [5, 5.41) is 18.2. The zero-order valence-corrected chi connectivity index (χ0v) is 14.5. The van der Waals surface area contributed by atoms with Gasteiger partial charge in [-0.2, -0.15) is 0 Å². The lowest BCUT2D eigenvalue weighted by atomic mass is 10.2. The van der Waals surface area contributed by atoms with Gasteiger partial charge in [0.25, 0.3) is 11.6 Å². The summed E-state index contributed by atoms with van der Waals surface area (Å²) in [4.78, 5) is 27.3. The summed E-state index contributed by atoms with van der Waals surface area (Å²) < 4.78 is 5.70. The van der Waals surface area contributed by atoms with Crippen molar-refractivity contribution in [2.24, 2.45) is 5.16 Å². The minimum absolute atomic E-state index is 0.0900. The maximum atomic E-state index is 12.0. The Morgan fingerprint density at radius 3 is 2.81 bits per heavy atom. The zero-order valence-electron chi connectivity index (χ0n) is 14.5. The molecule has 8 heteroatoms. The maximum absolute atomic E-state index is 12.0. The van der Waals surface area contributed by atoms with Crippen LogP contribution < -0.4 is 5.32 Å². The normalized spacial score (nSPS) is 12.2. The van der Waals surface area contributed by atoms with Crippen molar-refractivity contribution in [3.05, 3.63) is 76.0 Å². The van der Waals surface area contributed by atoms with Gasteiger partial charge in [-0.15, -0.1) is 0 Å². The number of nitro groups is 1. The van der Waals surface area contributed by atoms with Gasteiger partial charge >= 0.3 is 0 Å². The van der Waals surface area contributed by atoms with Crippen LogP contribution in [0.3, 0.4) is 0 Å². The molecule has 0 aliphatic heterocycles. The molecule has 3 rings (SSSR count). The third-order valence-corrected chi connectivity index (χ3v) is 3.84. The Kier molecular flexibility index (Phi) is 5.46. The first kappa shape index (κ1) is 18.1. The van der Waals surface area contributed by atoms with Gasteiger partial charge < -0.3 is 14.6 Å². The van der Waals surface area contributed by atoms with E-state index in [9.17, 15) is 14.9 Å². The van der Waals surface area contributed by atoms with Crippen LogP contribution in [0, 0.1) is 10.1 Å². The van der Waals surface area contributed by atoms with Gasteiger partial charge in [-0.05, 0) is 25.1 Å². The number of benzene rings is 2. The van der Waals surface area contributed by atoms with Gasteiger partial charge in [0, 0.05) is 11.5 Å². The summed E-state index contributed by atoms with van der Waals surface area (Å²) in [6.45, 7) is 1.48. The molecule has 1 heterocycles. The maximum Gasteiger partial charge on any atom is 0.278 e. The standard InChI is InChI=1S/C19H17N3O5/c1-13(18-10-14-6-3-5-9-17(14)27-18)21-19(23)12-26-20-11-15-7-2-4-8-16(15)22(24)25/h2-11,13H,12H2,1H3,(H,21,23)/b20-11+. The fourth-order valence-corrected chi connectivity index (χ4v) is 2.52. The molecule has 27 heavy (non-hydrogen) atoms. The molecule has 0 aliphatic carbocycles. The predicted molar refractivity (Wildman–Crippen MR) is 99.4 cm³/mol. The molecular formula is C19H17N3O5. The average molecular weight is 367 g/mol. The number of oxime groups is 1. The lowest BCUT2D eigenvalue weighted by Crippen LogP contribution is -2.29. The van der Waals surface area contributed by atoms with Crippen LogP contribution in [0.4, 0.5) is 5.69 Å². The number of para-hydroxylation sites is 2. The lowest BCUT2D eigenvalue weighted by Gasteiger charge is -2.10. The van der Waals surface area contributed by atoms with Crippen molar-refractivity contribution in [3.8, 4) is 0 Å². The fraction of sp³-hybridized carbons (Fsp3) is 0.158. The van der Waals surface area contributed by atoms with Crippen molar-refractivity contribution in [2.75, 3.05) is 6.61 Å². The molecular weight excluding hydrogens is 350 g/mol. The topological polar surface area (TPSA) is 107 Å². The molecule has 0 radical (unpaired) electrons. The van der Waals surface area contributed by atoms with E-state index >= 15 is 0 Å². The molecule has 0 saturated heterocycles. The second-order valence-corrected chi connectivity index (χ2v) is 5.80. The molecule has 0 saturated carbocycles. The molecule has 1 unspecified atom stereocenters. The van der Waals surface area contributed by atoms with E-state index in [1.165, 1.54) is 18.3 Å². The number of amides is 1. The number of hydrogen-bond acceptors (Lipinski definition) is 6. The Morgan fingerprint density at radius 2 is 2.04 bits per heavy atom. The summed E-state index contributed by atoms with van der Waals surface area (Å²) in [6.07, 6.45) is 1.20. The molecule has 0 spiro atoms. The molecule has 1 aromatic heterocycles. The molecule has 138 valence electrons. The molecule has 1 N–H and O–H groups in total. The third kappa shape index (κ3) is 4.49. The summed E-state index contributed by atoms with van der Waals surface area (Å²) in [5.74, 6) is 0.246. The third-order valence-electron chi connectivity index (χ3n) is 3.84. The van der Waals surface area contributed by atoms with Gasteiger partial charge in [0.15, 0.2) is 6.61 Å². The van der Waals surface area contributed by atoms with E-state index in [0.29, 0.717) is 11.3 Å². The quantitative estimate of drug-likeness (QED) is 0.390. The van der Waals surface area contributed by atoms with E-state index in [-0.39, 0.29) is 24.2 Å².